The van der Waals surface area contributed by atoms with Crippen molar-refractivity contribution in [2.75, 3.05) is 14.2 Å². The highest BCUT2D eigenvalue weighted by molar-refractivity contribution is 9.10. The van der Waals surface area contributed by atoms with Gasteiger partial charge in [-0.25, -0.2) is 9.78 Å². The van der Waals surface area contributed by atoms with Crippen LogP contribution in [-0.4, -0.2) is 42.2 Å². The van der Waals surface area contributed by atoms with Crippen LogP contribution < -0.4 is 15.0 Å². The number of hydrogen-bond donors (Lipinski definition) is 0. The molecule has 11 heteroatoms. The zero-order chi connectivity index (χ0) is 27.7. The Kier molecular flexibility index (Phi) is 7.40. The smallest absolute Gasteiger partial charge is 0.346 e. The number of methoxy groups -OCH3 is 2. The van der Waals surface area contributed by atoms with Gasteiger partial charge in [0.25, 0.3) is 5.56 Å². The van der Waals surface area contributed by atoms with Gasteiger partial charge in [-0.2, -0.15) is 9.78 Å². The van der Waals surface area contributed by atoms with Gasteiger partial charge in [-0.05, 0) is 76.9 Å². The van der Waals surface area contributed by atoms with Crippen molar-refractivity contribution in [3.8, 4) is 23.1 Å². The Hall–Kier alpha value is -4.15. The molecule has 5 rings (SSSR count). The zero-order valence-electron chi connectivity index (χ0n) is 21.0. The van der Waals surface area contributed by atoms with Crippen molar-refractivity contribution < 1.29 is 23.4 Å². The van der Waals surface area contributed by atoms with Crippen molar-refractivity contribution in [3.05, 3.63) is 86.1 Å². The molecule has 5 aromatic rings. The molecule has 0 N–H and O–H groups in total. The molecule has 0 unspecified atom stereocenters. The summed E-state index contributed by atoms with van der Waals surface area (Å²) in [7, 11) is 2.76. The summed E-state index contributed by atoms with van der Waals surface area (Å²) >= 11 is 9.61. The van der Waals surface area contributed by atoms with Crippen molar-refractivity contribution in [2.24, 2.45) is 5.10 Å². The molecule has 2 heterocycles. The number of para-hydroxylation sites is 1. The minimum absolute atomic E-state index is 0.222. The van der Waals surface area contributed by atoms with E-state index in [1.165, 1.54) is 25.1 Å². The fourth-order valence-corrected chi connectivity index (χ4v) is 4.69. The molecule has 39 heavy (non-hydrogen) atoms. The van der Waals surface area contributed by atoms with Gasteiger partial charge in [0.15, 0.2) is 23.4 Å². The number of ether oxygens (including phenoxy) is 3. The van der Waals surface area contributed by atoms with E-state index < -0.39 is 12.1 Å². The van der Waals surface area contributed by atoms with Gasteiger partial charge in [0.1, 0.15) is 5.58 Å². The summed E-state index contributed by atoms with van der Waals surface area (Å²) < 4.78 is 23.6. The number of nitrogens with zero attached hydrogens (tertiary/aromatic N) is 3. The number of fused-ring (bicyclic) bond motifs is 2. The van der Waals surface area contributed by atoms with E-state index in [0.717, 1.165) is 5.39 Å². The van der Waals surface area contributed by atoms with Gasteiger partial charge >= 0.3 is 5.97 Å². The second-order valence-corrected chi connectivity index (χ2v) is 9.72. The number of hydrogen-bond acceptors (Lipinski definition) is 8. The van der Waals surface area contributed by atoms with Crippen LogP contribution in [-0.2, 0) is 9.53 Å². The van der Waals surface area contributed by atoms with Crippen molar-refractivity contribution in [1.29, 1.82) is 0 Å². The molecular weight excluding hydrogens is 590 g/mol. The number of carbonyl (C=O) groups excluding carboxylic acids is 1. The number of benzene rings is 3. The molecule has 0 aliphatic heterocycles. The normalized spacial score (nSPS) is 12.2. The van der Waals surface area contributed by atoms with Crippen LogP contribution in [0.1, 0.15) is 12.5 Å². The van der Waals surface area contributed by atoms with E-state index in [2.05, 4.69) is 26.0 Å². The first kappa shape index (κ1) is 26.5. The predicted molar refractivity (Wildman–Crippen MR) is 152 cm³/mol. The van der Waals surface area contributed by atoms with E-state index in [1.54, 1.807) is 67.6 Å². The van der Waals surface area contributed by atoms with Gasteiger partial charge in [-0.15, -0.1) is 0 Å². The average Bonchev–Trinajstić information content (AvgIpc) is 3.36. The third-order valence-electron chi connectivity index (χ3n) is 5.85. The molecule has 0 fully saturated rings. The lowest BCUT2D eigenvalue weighted by atomic mass is 10.2. The Balaban J connectivity index is 1.61. The van der Waals surface area contributed by atoms with Crippen LogP contribution in [0.5, 0.6) is 11.5 Å². The third kappa shape index (κ3) is 5.25. The fraction of sp³-hybridized carbons (Fsp3) is 0.143. The first-order chi connectivity index (χ1) is 18.8. The molecule has 0 saturated heterocycles. The lowest BCUT2D eigenvalue weighted by Crippen LogP contribution is -2.25. The van der Waals surface area contributed by atoms with Gasteiger partial charge in [-0.3, -0.25) is 4.79 Å². The number of aromatic nitrogens is 2. The highest BCUT2D eigenvalue weighted by Crippen LogP contribution is 2.37. The average molecular weight is 611 g/mol. The van der Waals surface area contributed by atoms with Crippen LogP contribution in [0.15, 0.2) is 79.4 Å². The molecule has 9 nitrogen and oxygen atoms in total. The quantitative estimate of drug-likeness (QED) is 0.163. The molecule has 0 radical (unpaired) electrons. The second-order valence-electron chi connectivity index (χ2n) is 8.42. The standard InChI is InChI=1S/C28H21BrClN3O6/c1-15(28(35)37-3)38-25-20(29)10-16(11-23(25)36-2)14-31-33-26(32-21-7-5-4-6-19(21)27(33)34)24-13-17-12-18(30)8-9-22(17)39-24/h4-15H,1-3H3/t15-/m1/s1. The van der Waals surface area contributed by atoms with Crippen molar-refractivity contribution in [2.45, 2.75) is 13.0 Å². The summed E-state index contributed by atoms with van der Waals surface area (Å²) in [4.78, 5) is 30.0. The summed E-state index contributed by atoms with van der Waals surface area (Å²) in [6.45, 7) is 1.57. The summed E-state index contributed by atoms with van der Waals surface area (Å²) in [6, 6.07) is 17.4. The van der Waals surface area contributed by atoms with Crippen LogP contribution in [0.2, 0.25) is 5.02 Å². The number of rotatable bonds is 7. The van der Waals surface area contributed by atoms with E-state index in [9.17, 15) is 9.59 Å². The van der Waals surface area contributed by atoms with Gasteiger partial charge < -0.3 is 18.6 Å². The Labute approximate surface area is 235 Å². The molecule has 0 amide bonds. The predicted octanol–water partition coefficient (Wildman–Crippen LogP) is 6.06. The summed E-state index contributed by atoms with van der Waals surface area (Å²) in [6.07, 6.45) is 0.630. The first-order valence-electron chi connectivity index (χ1n) is 11.7. The molecule has 0 spiro atoms. The maximum Gasteiger partial charge on any atom is 0.346 e. The van der Waals surface area contributed by atoms with Crippen LogP contribution in [0.25, 0.3) is 33.5 Å². The zero-order valence-corrected chi connectivity index (χ0v) is 23.3. The SMILES string of the molecule is COC(=O)[C@@H](C)Oc1c(Br)cc(C=Nn2c(-c3cc4cc(Cl)ccc4o3)nc3ccccc3c2=O)cc1OC. The molecule has 0 bridgehead atoms. The highest BCUT2D eigenvalue weighted by atomic mass is 79.9. The van der Waals surface area contributed by atoms with Gasteiger partial charge in [0.2, 0.25) is 5.82 Å². The van der Waals surface area contributed by atoms with Crippen LogP contribution in [0.4, 0.5) is 0 Å². The molecule has 0 saturated carbocycles. The van der Waals surface area contributed by atoms with E-state index in [1.807, 2.05) is 0 Å². The minimum atomic E-state index is -0.858. The van der Waals surface area contributed by atoms with E-state index in [4.69, 9.17) is 30.2 Å². The van der Waals surface area contributed by atoms with E-state index >= 15 is 0 Å². The molecule has 3 aromatic carbocycles. The van der Waals surface area contributed by atoms with Crippen LogP contribution in [0.3, 0.4) is 0 Å². The highest BCUT2D eigenvalue weighted by Gasteiger charge is 2.21. The Morgan fingerprint density at radius 2 is 1.95 bits per heavy atom. The summed E-state index contributed by atoms with van der Waals surface area (Å²) in [5.41, 5.74) is 1.31. The molecule has 198 valence electrons. The third-order valence-corrected chi connectivity index (χ3v) is 6.68. The molecule has 2 aromatic heterocycles. The second kappa shape index (κ2) is 10.9. The largest absolute Gasteiger partial charge is 0.493 e. The molecule has 0 aliphatic rings. The number of furan rings is 1. The Bertz CT molecular complexity index is 1810. The molecule has 1 atom stereocenters. The maximum atomic E-state index is 13.5. The number of carbonyl (C=O) groups is 1. The molecular formula is C28H21BrClN3O6. The lowest BCUT2D eigenvalue weighted by molar-refractivity contribution is -0.147. The Morgan fingerprint density at radius 3 is 2.72 bits per heavy atom. The van der Waals surface area contributed by atoms with Crippen molar-refractivity contribution in [3.63, 3.8) is 0 Å². The maximum absolute atomic E-state index is 13.5. The van der Waals surface area contributed by atoms with Crippen LogP contribution in [0, 0.1) is 0 Å². The minimum Gasteiger partial charge on any atom is -0.493 e. The fourth-order valence-electron chi connectivity index (χ4n) is 3.96. The van der Waals surface area contributed by atoms with Crippen LogP contribution >= 0.6 is 27.5 Å². The topological polar surface area (TPSA) is 105 Å². The Morgan fingerprint density at radius 1 is 1.15 bits per heavy atom. The number of halogens is 2. The first-order valence-corrected chi connectivity index (χ1v) is 12.8. The lowest BCUT2D eigenvalue weighted by Gasteiger charge is -2.17. The van der Waals surface area contributed by atoms with Gasteiger partial charge in [-0.1, -0.05) is 23.7 Å². The monoisotopic (exact) mass is 609 g/mol. The van der Waals surface area contributed by atoms with Gasteiger partial charge in [0, 0.05) is 10.4 Å². The van der Waals surface area contributed by atoms with Crippen molar-refractivity contribution >= 4 is 61.6 Å². The summed E-state index contributed by atoms with van der Waals surface area (Å²) in [5.74, 6) is 0.712. The molecule has 0 aliphatic carbocycles. The van der Waals surface area contributed by atoms with E-state index in [-0.39, 0.29) is 11.4 Å². The van der Waals surface area contributed by atoms with Gasteiger partial charge in [0.05, 0.1) is 35.8 Å². The number of esters is 1. The van der Waals surface area contributed by atoms with E-state index in [0.29, 0.717) is 48.8 Å². The summed E-state index contributed by atoms with van der Waals surface area (Å²) in [5, 5.41) is 6.20. The van der Waals surface area contributed by atoms with Crippen molar-refractivity contribution in [1.82, 2.24) is 9.66 Å².